The summed E-state index contributed by atoms with van der Waals surface area (Å²) in [6, 6.07) is 0.289. The minimum atomic E-state index is 0.289. The van der Waals surface area contributed by atoms with Crippen LogP contribution in [0.25, 0.3) is 0 Å². The van der Waals surface area contributed by atoms with Crippen LogP contribution in [-0.2, 0) is 9.63 Å². The molecule has 0 aliphatic carbocycles. The molecule has 0 bridgehead atoms. The second-order valence-corrected chi connectivity index (χ2v) is 2.34. The maximum Gasteiger partial charge on any atom is 0.206 e. The molecule has 0 amide bonds. The average molecular weight is 142 g/mol. The Bertz CT molecular complexity index is 165. The summed E-state index contributed by atoms with van der Waals surface area (Å²) in [5.74, 6) is 0.314. The van der Waals surface area contributed by atoms with Gasteiger partial charge < -0.3 is 4.84 Å². The molecule has 1 aliphatic heterocycles. The van der Waals surface area contributed by atoms with Crippen LogP contribution in [-0.4, -0.2) is 17.3 Å². The highest BCUT2D eigenvalue weighted by atomic mass is 16.7. The molecule has 0 aromatic rings. The van der Waals surface area contributed by atoms with Crippen molar-refractivity contribution < 1.29 is 9.63 Å². The largest absolute Gasteiger partial charge is 0.384 e. The highest BCUT2D eigenvalue weighted by Gasteiger charge is 2.14. The summed E-state index contributed by atoms with van der Waals surface area (Å²) in [4.78, 5) is 14.9. The van der Waals surface area contributed by atoms with Crippen molar-refractivity contribution in [1.82, 2.24) is 10.6 Å². The number of hydrogen-bond acceptors (Lipinski definition) is 4. The summed E-state index contributed by atoms with van der Waals surface area (Å²) >= 11 is 0. The number of allylic oxidation sites excluding steroid dienone is 1. The van der Waals surface area contributed by atoms with Crippen LogP contribution in [0, 0.1) is 0 Å². The number of hydrogen-bond donors (Lipinski definition) is 1. The summed E-state index contributed by atoms with van der Waals surface area (Å²) in [5.41, 5.74) is 2.57. The molecule has 1 heterocycles. The lowest BCUT2D eigenvalue weighted by Gasteiger charge is -2.17. The third kappa shape index (κ3) is 1.27. The molecule has 0 atom stereocenters. The van der Waals surface area contributed by atoms with E-state index in [0.29, 0.717) is 12.0 Å². The topological polar surface area (TPSA) is 41.6 Å². The number of aldehydes is 1. The van der Waals surface area contributed by atoms with E-state index in [4.69, 9.17) is 4.84 Å². The first-order chi connectivity index (χ1) is 4.74. The van der Waals surface area contributed by atoms with Crippen LogP contribution in [0.2, 0.25) is 0 Å². The van der Waals surface area contributed by atoms with Gasteiger partial charge in [0.2, 0.25) is 5.76 Å². The van der Waals surface area contributed by atoms with E-state index in [-0.39, 0.29) is 6.04 Å². The Kier molecular flexibility index (Phi) is 1.91. The van der Waals surface area contributed by atoms with Crippen molar-refractivity contribution in [1.29, 1.82) is 0 Å². The fraction of sp³-hybridized carbons (Fsp3) is 0.500. The molecule has 0 spiro atoms. The van der Waals surface area contributed by atoms with Gasteiger partial charge in [-0.25, -0.2) is 0 Å². The SMILES string of the molecule is CC(C)N1C=C(C=O)ON1. The molecule has 0 unspecified atom stereocenters. The maximum atomic E-state index is 10.1. The van der Waals surface area contributed by atoms with E-state index in [1.54, 1.807) is 11.2 Å². The molecule has 0 fully saturated rings. The zero-order valence-electron chi connectivity index (χ0n) is 6.00. The molecule has 4 nitrogen and oxygen atoms in total. The van der Waals surface area contributed by atoms with Crippen molar-refractivity contribution in [3.63, 3.8) is 0 Å². The first-order valence-corrected chi connectivity index (χ1v) is 3.12. The van der Waals surface area contributed by atoms with Crippen LogP contribution in [0.5, 0.6) is 0 Å². The van der Waals surface area contributed by atoms with Crippen molar-refractivity contribution in [2.24, 2.45) is 0 Å². The average Bonchev–Trinajstić information content (AvgIpc) is 2.34. The van der Waals surface area contributed by atoms with Crippen LogP contribution < -0.4 is 5.59 Å². The molecule has 0 aromatic carbocycles. The van der Waals surface area contributed by atoms with E-state index in [0.717, 1.165) is 0 Å². The van der Waals surface area contributed by atoms with E-state index >= 15 is 0 Å². The molecular formula is C6H10N2O2. The van der Waals surface area contributed by atoms with Crippen molar-refractivity contribution in [3.05, 3.63) is 12.0 Å². The van der Waals surface area contributed by atoms with Crippen LogP contribution in [0.1, 0.15) is 13.8 Å². The summed E-state index contributed by atoms with van der Waals surface area (Å²) < 4.78 is 0. The molecule has 0 radical (unpaired) electrons. The summed E-state index contributed by atoms with van der Waals surface area (Å²) in [6.45, 7) is 3.97. The minimum Gasteiger partial charge on any atom is -0.384 e. The highest BCUT2D eigenvalue weighted by molar-refractivity contribution is 5.70. The van der Waals surface area contributed by atoms with E-state index in [1.165, 1.54) is 0 Å². The van der Waals surface area contributed by atoms with Crippen molar-refractivity contribution >= 4 is 6.29 Å². The molecule has 0 saturated carbocycles. The van der Waals surface area contributed by atoms with Gasteiger partial charge in [-0.15, -0.1) is 0 Å². The zero-order chi connectivity index (χ0) is 7.56. The Morgan fingerprint density at radius 1 is 1.80 bits per heavy atom. The van der Waals surface area contributed by atoms with Gasteiger partial charge in [0.15, 0.2) is 6.29 Å². The monoisotopic (exact) mass is 142 g/mol. The van der Waals surface area contributed by atoms with Gasteiger partial charge in [0, 0.05) is 6.04 Å². The number of nitrogens with one attached hydrogen (secondary N) is 1. The Balaban J connectivity index is 2.54. The van der Waals surface area contributed by atoms with Crippen LogP contribution in [0.15, 0.2) is 12.0 Å². The van der Waals surface area contributed by atoms with Crippen LogP contribution in [0.4, 0.5) is 0 Å². The lowest BCUT2D eigenvalue weighted by Crippen LogP contribution is -2.33. The molecule has 56 valence electrons. The molecule has 0 aromatic heterocycles. The number of rotatable bonds is 2. The number of nitrogens with zero attached hydrogens (tertiary/aromatic N) is 1. The first-order valence-electron chi connectivity index (χ1n) is 3.12. The third-order valence-corrected chi connectivity index (χ3v) is 1.21. The van der Waals surface area contributed by atoms with Crippen molar-refractivity contribution in [2.45, 2.75) is 19.9 Å². The number of carbonyl (C=O) groups is 1. The molecule has 10 heavy (non-hydrogen) atoms. The molecular weight excluding hydrogens is 132 g/mol. The predicted octanol–water partition coefficient (Wildman–Crippen LogP) is 0.187. The van der Waals surface area contributed by atoms with Crippen LogP contribution in [0.3, 0.4) is 0 Å². The second-order valence-electron chi connectivity index (χ2n) is 2.34. The number of carbonyl (C=O) groups excluding carboxylic acids is 1. The molecule has 4 heteroatoms. The van der Waals surface area contributed by atoms with Gasteiger partial charge in [0.1, 0.15) is 0 Å². The highest BCUT2D eigenvalue weighted by Crippen LogP contribution is 2.06. The molecule has 0 saturated heterocycles. The quantitative estimate of drug-likeness (QED) is 0.559. The Labute approximate surface area is 59.4 Å². The van der Waals surface area contributed by atoms with Gasteiger partial charge in [-0.1, -0.05) is 5.59 Å². The van der Waals surface area contributed by atoms with Gasteiger partial charge in [-0.3, -0.25) is 9.80 Å². The van der Waals surface area contributed by atoms with E-state index in [1.807, 2.05) is 13.8 Å². The Morgan fingerprint density at radius 3 is 2.80 bits per heavy atom. The van der Waals surface area contributed by atoms with E-state index in [2.05, 4.69) is 5.59 Å². The van der Waals surface area contributed by atoms with Gasteiger partial charge in [-0.2, -0.15) is 0 Å². The van der Waals surface area contributed by atoms with Crippen LogP contribution >= 0.6 is 0 Å². The smallest absolute Gasteiger partial charge is 0.206 e. The lowest BCUT2D eigenvalue weighted by molar-refractivity contribution is -0.109. The normalized spacial score (nSPS) is 17.1. The van der Waals surface area contributed by atoms with Crippen molar-refractivity contribution in [3.8, 4) is 0 Å². The predicted molar refractivity (Wildman–Crippen MR) is 35.3 cm³/mol. The summed E-state index contributed by atoms with van der Waals surface area (Å²) in [5, 5.41) is 1.71. The van der Waals surface area contributed by atoms with E-state index < -0.39 is 0 Å². The maximum absolute atomic E-state index is 10.1. The zero-order valence-corrected chi connectivity index (χ0v) is 6.00. The third-order valence-electron chi connectivity index (χ3n) is 1.21. The van der Waals surface area contributed by atoms with Gasteiger partial charge in [-0.05, 0) is 13.8 Å². The van der Waals surface area contributed by atoms with Gasteiger partial charge in [0.05, 0.1) is 6.20 Å². The summed E-state index contributed by atoms with van der Waals surface area (Å²) in [6.07, 6.45) is 2.28. The van der Waals surface area contributed by atoms with E-state index in [9.17, 15) is 4.79 Å². The lowest BCUT2D eigenvalue weighted by atomic mass is 10.4. The fourth-order valence-electron chi connectivity index (χ4n) is 0.604. The number of hydrazine groups is 1. The Morgan fingerprint density at radius 2 is 2.50 bits per heavy atom. The first kappa shape index (κ1) is 7.08. The summed E-state index contributed by atoms with van der Waals surface area (Å²) in [7, 11) is 0. The molecule has 1 aliphatic rings. The second kappa shape index (κ2) is 2.70. The fourth-order valence-corrected chi connectivity index (χ4v) is 0.604. The van der Waals surface area contributed by atoms with Gasteiger partial charge >= 0.3 is 0 Å². The minimum absolute atomic E-state index is 0.289. The molecule has 1 rings (SSSR count). The standard InChI is InChI=1S/C6H10N2O2/c1-5(2)8-3-6(4-9)10-7-8/h3-5,7H,1-2H3. The van der Waals surface area contributed by atoms with Gasteiger partial charge in [0.25, 0.3) is 0 Å². The molecule has 1 N–H and O–H groups in total. The Hall–Kier alpha value is -1.03. The van der Waals surface area contributed by atoms with Crippen molar-refractivity contribution in [2.75, 3.05) is 0 Å².